The first-order chi connectivity index (χ1) is 11.3. The second kappa shape index (κ2) is 7.13. The number of hydrogen-bond acceptors (Lipinski definition) is 4. The number of benzene rings is 1. The molecule has 23 heavy (non-hydrogen) atoms. The Morgan fingerprint density at radius 3 is 2.52 bits per heavy atom. The second-order valence-corrected chi connectivity index (χ2v) is 5.40. The maximum Gasteiger partial charge on any atom is 0.259 e. The van der Waals surface area contributed by atoms with E-state index in [9.17, 15) is 4.79 Å². The Hall–Kier alpha value is -2.56. The van der Waals surface area contributed by atoms with Crippen LogP contribution >= 0.6 is 0 Å². The van der Waals surface area contributed by atoms with Crippen LogP contribution in [0, 0.1) is 0 Å². The number of rotatable bonds is 4. The molecule has 0 saturated carbocycles. The molecule has 0 radical (unpaired) electrons. The lowest BCUT2D eigenvalue weighted by molar-refractivity contribution is 0.0741. The molecular weight excluding hydrogens is 290 g/mol. The molecule has 0 atom stereocenters. The molecule has 0 unspecified atom stereocenters. The lowest BCUT2D eigenvalue weighted by Gasteiger charge is -2.36. The molecule has 0 aliphatic carbocycles. The summed E-state index contributed by atoms with van der Waals surface area (Å²) >= 11 is 0. The van der Waals surface area contributed by atoms with Crippen LogP contribution in [-0.4, -0.2) is 48.6 Å². The molecule has 1 aromatic heterocycles. The van der Waals surface area contributed by atoms with Crippen LogP contribution in [-0.2, 0) is 0 Å². The van der Waals surface area contributed by atoms with Crippen molar-refractivity contribution >= 4 is 11.6 Å². The summed E-state index contributed by atoms with van der Waals surface area (Å²) < 4.78 is 5.47. The number of hydrogen-bond donors (Lipinski definition) is 0. The summed E-state index contributed by atoms with van der Waals surface area (Å²) in [7, 11) is 0. The van der Waals surface area contributed by atoms with Gasteiger partial charge in [0.15, 0.2) is 0 Å². The minimum atomic E-state index is -0.00531. The highest BCUT2D eigenvalue weighted by Crippen LogP contribution is 2.20. The van der Waals surface area contributed by atoms with Crippen LogP contribution in [0.4, 0.5) is 5.69 Å². The number of piperazine rings is 1. The number of aromatic nitrogens is 1. The Bertz CT molecular complexity index is 652. The van der Waals surface area contributed by atoms with Crippen molar-refractivity contribution < 1.29 is 9.53 Å². The van der Waals surface area contributed by atoms with Crippen molar-refractivity contribution in [2.45, 2.75) is 6.92 Å². The van der Waals surface area contributed by atoms with E-state index in [1.54, 1.807) is 18.3 Å². The minimum Gasteiger partial charge on any atom is -0.477 e. The first kappa shape index (κ1) is 15.3. The van der Waals surface area contributed by atoms with E-state index in [1.165, 1.54) is 5.69 Å². The lowest BCUT2D eigenvalue weighted by atomic mass is 10.2. The monoisotopic (exact) mass is 311 g/mol. The number of amides is 1. The van der Waals surface area contributed by atoms with Gasteiger partial charge in [-0.2, -0.15) is 0 Å². The predicted molar refractivity (Wildman–Crippen MR) is 90.0 cm³/mol. The average Bonchev–Trinajstić information content (AvgIpc) is 2.63. The topological polar surface area (TPSA) is 45.7 Å². The van der Waals surface area contributed by atoms with Crippen molar-refractivity contribution in [3.05, 3.63) is 54.2 Å². The maximum atomic E-state index is 12.7. The van der Waals surface area contributed by atoms with E-state index in [1.807, 2.05) is 30.0 Å². The van der Waals surface area contributed by atoms with E-state index in [4.69, 9.17) is 4.74 Å². The highest BCUT2D eigenvalue weighted by Gasteiger charge is 2.24. The largest absolute Gasteiger partial charge is 0.477 e. The average molecular weight is 311 g/mol. The zero-order valence-corrected chi connectivity index (χ0v) is 13.3. The van der Waals surface area contributed by atoms with Crippen molar-refractivity contribution in [3.8, 4) is 5.88 Å². The van der Waals surface area contributed by atoms with Gasteiger partial charge in [-0.05, 0) is 31.2 Å². The van der Waals surface area contributed by atoms with Gasteiger partial charge in [0, 0.05) is 38.1 Å². The molecule has 0 spiro atoms. The number of carbonyl (C=O) groups is 1. The van der Waals surface area contributed by atoms with E-state index in [2.05, 4.69) is 22.0 Å². The van der Waals surface area contributed by atoms with E-state index in [0.717, 1.165) is 13.1 Å². The summed E-state index contributed by atoms with van der Waals surface area (Å²) in [5.41, 5.74) is 1.75. The Morgan fingerprint density at radius 2 is 1.83 bits per heavy atom. The fraction of sp³-hybridized carbons (Fsp3) is 0.333. The Balaban J connectivity index is 1.67. The predicted octanol–water partition coefficient (Wildman–Crippen LogP) is 2.44. The van der Waals surface area contributed by atoms with Gasteiger partial charge in [-0.1, -0.05) is 18.2 Å². The third kappa shape index (κ3) is 3.44. The normalized spacial score (nSPS) is 14.7. The first-order valence-electron chi connectivity index (χ1n) is 7.96. The number of pyridine rings is 1. The fourth-order valence-electron chi connectivity index (χ4n) is 2.78. The lowest BCUT2D eigenvalue weighted by Crippen LogP contribution is -2.48. The quantitative estimate of drug-likeness (QED) is 0.870. The van der Waals surface area contributed by atoms with Crippen molar-refractivity contribution in [1.29, 1.82) is 0 Å². The molecule has 2 aromatic rings. The SMILES string of the molecule is CCOc1ncccc1C(=O)N1CCN(c2ccccc2)CC1. The van der Waals surface area contributed by atoms with Gasteiger partial charge < -0.3 is 14.5 Å². The smallest absolute Gasteiger partial charge is 0.259 e. The van der Waals surface area contributed by atoms with Crippen LogP contribution in [0.1, 0.15) is 17.3 Å². The molecule has 5 heteroatoms. The Kier molecular flexibility index (Phi) is 4.76. The third-order valence-electron chi connectivity index (χ3n) is 3.97. The van der Waals surface area contributed by atoms with E-state index in [0.29, 0.717) is 31.1 Å². The number of para-hydroxylation sites is 1. The van der Waals surface area contributed by atoms with Gasteiger partial charge in [0.2, 0.25) is 5.88 Å². The number of ether oxygens (including phenoxy) is 1. The van der Waals surface area contributed by atoms with Gasteiger partial charge in [0.1, 0.15) is 5.56 Å². The van der Waals surface area contributed by atoms with Gasteiger partial charge in [-0.15, -0.1) is 0 Å². The fourth-order valence-corrected chi connectivity index (χ4v) is 2.78. The van der Waals surface area contributed by atoms with Gasteiger partial charge in [0.25, 0.3) is 5.91 Å². The van der Waals surface area contributed by atoms with Crippen LogP contribution in [0.5, 0.6) is 5.88 Å². The molecule has 0 bridgehead atoms. The molecular formula is C18H21N3O2. The summed E-state index contributed by atoms with van der Waals surface area (Å²) in [6.07, 6.45) is 1.65. The maximum absolute atomic E-state index is 12.7. The molecule has 1 saturated heterocycles. The van der Waals surface area contributed by atoms with Crippen LogP contribution in [0.15, 0.2) is 48.7 Å². The molecule has 3 rings (SSSR count). The summed E-state index contributed by atoms with van der Waals surface area (Å²) in [6.45, 7) is 5.46. The standard InChI is InChI=1S/C18H21N3O2/c1-2-23-17-16(9-6-10-19-17)18(22)21-13-11-20(12-14-21)15-7-4-3-5-8-15/h3-10H,2,11-14H2,1H3. The van der Waals surface area contributed by atoms with Crippen LogP contribution in [0.2, 0.25) is 0 Å². The minimum absolute atomic E-state index is 0.00531. The van der Waals surface area contributed by atoms with Crippen LogP contribution in [0.25, 0.3) is 0 Å². The highest BCUT2D eigenvalue weighted by molar-refractivity contribution is 5.96. The van der Waals surface area contributed by atoms with Gasteiger partial charge >= 0.3 is 0 Å². The van der Waals surface area contributed by atoms with E-state index in [-0.39, 0.29) is 5.91 Å². The van der Waals surface area contributed by atoms with Crippen molar-refractivity contribution in [2.75, 3.05) is 37.7 Å². The van der Waals surface area contributed by atoms with Gasteiger partial charge in [-0.3, -0.25) is 4.79 Å². The van der Waals surface area contributed by atoms with Crippen molar-refractivity contribution in [3.63, 3.8) is 0 Å². The molecule has 2 heterocycles. The number of nitrogens with zero attached hydrogens (tertiary/aromatic N) is 3. The second-order valence-electron chi connectivity index (χ2n) is 5.40. The summed E-state index contributed by atoms with van der Waals surface area (Å²) in [5.74, 6) is 0.416. The van der Waals surface area contributed by atoms with Crippen LogP contribution in [0.3, 0.4) is 0 Å². The first-order valence-corrected chi connectivity index (χ1v) is 7.96. The summed E-state index contributed by atoms with van der Waals surface area (Å²) in [5, 5.41) is 0. The number of anilines is 1. The molecule has 120 valence electrons. The highest BCUT2D eigenvalue weighted by atomic mass is 16.5. The van der Waals surface area contributed by atoms with Crippen LogP contribution < -0.4 is 9.64 Å². The van der Waals surface area contributed by atoms with Crippen molar-refractivity contribution in [1.82, 2.24) is 9.88 Å². The van der Waals surface area contributed by atoms with E-state index < -0.39 is 0 Å². The molecule has 1 aliphatic heterocycles. The molecule has 0 N–H and O–H groups in total. The molecule has 1 fully saturated rings. The Labute approximate surface area is 136 Å². The third-order valence-corrected chi connectivity index (χ3v) is 3.97. The number of carbonyl (C=O) groups excluding carboxylic acids is 1. The zero-order valence-electron chi connectivity index (χ0n) is 13.3. The van der Waals surface area contributed by atoms with Gasteiger partial charge in [-0.25, -0.2) is 4.98 Å². The Morgan fingerprint density at radius 1 is 1.09 bits per heavy atom. The van der Waals surface area contributed by atoms with Crippen molar-refractivity contribution in [2.24, 2.45) is 0 Å². The molecule has 1 amide bonds. The molecule has 1 aromatic carbocycles. The molecule has 5 nitrogen and oxygen atoms in total. The van der Waals surface area contributed by atoms with Gasteiger partial charge in [0.05, 0.1) is 6.61 Å². The van der Waals surface area contributed by atoms with E-state index >= 15 is 0 Å². The summed E-state index contributed by atoms with van der Waals surface area (Å²) in [6, 6.07) is 13.9. The summed E-state index contributed by atoms with van der Waals surface area (Å²) in [4.78, 5) is 21.1. The molecule has 1 aliphatic rings. The zero-order chi connectivity index (χ0) is 16.1.